The van der Waals surface area contributed by atoms with Crippen molar-refractivity contribution in [1.82, 2.24) is 14.5 Å². The van der Waals surface area contributed by atoms with Crippen molar-refractivity contribution in [3.8, 4) is 0 Å². The first-order valence-electron chi connectivity index (χ1n) is 8.31. The van der Waals surface area contributed by atoms with E-state index < -0.39 is 28.3 Å². The van der Waals surface area contributed by atoms with Gasteiger partial charge in [-0.15, -0.1) is 0 Å². The Kier molecular flexibility index (Phi) is 4.99. The SMILES string of the molecule is CNC(=O)CN(c1ccc(F)cc1)S(=O)(=O)c1ccc2c(c1)n(C)c(=O)n2C. The lowest BCUT2D eigenvalue weighted by molar-refractivity contribution is -0.119. The lowest BCUT2D eigenvalue weighted by atomic mass is 10.3. The molecule has 8 nitrogen and oxygen atoms in total. The maximum absolute atomic E-state index is 13.3. The molecule has 0 bridgehead atoms. The molecule has 0 radical (unpaired) electrons. The number of anilines is 1. The molecule has 3 rings (SSSR count). The third-order valence-electron chi connectivity index (χ3n) is 4.51. The summed E-state index contributed by atoms with van der Waals surface area (Å²) in [4.78, 5) is 23.9. The van der Waals surface area contributed by atoms with E-state index >= 15 is 0 Å². The summed E-state index contributed by atoms with van der Waals surface area (Å²) in [6.07, 6.45) is 0. The number of aromatic nitrogens is 2. The Balaban J connectivity index is 2.16. The van der Waals surface area contributed by atoms with E-state index in [1.165, 1.54) is 46.5 Å². The van der Waals surface area contributed by atoms with Crippen molar-refractivity contribution >= 4 is 32.7 Å². The molecule has 0 atom stereocenters. The monoisotopic (exact) mass is 406 g/mol. The molecule has 0 saturated heterocycles. The summed E-state index contributed by atoms with van der Waals surface area (Å²) in [5, 5.41) is 2.38. The van der Waals surface area contributed by atoms with Gasteiger partial charge in [-0.1, -0.05) is 0 Å². The molecule has 1 amide bonds. The van der Waals surface area contributed by atoms with Gasteiger partial charge in [0.05, 0.1) is 21.6 Å². The molecule has 10 heteroatoms. The van der Waals surface area contributed by atoms with Gasteiger partial charge in [0.15, 0.2) is 0 Å². The summed E-state index contributed by atoms with van der Waals surface area (Å²) in [7, 11) is 0.371. The number of rotatable bonds is 5. The number of nitrogens with one attached hydrogen (secondary N) is 1. The molecule has 2 aromatic carbocycles. The molecule has 0 aliphatic rings. The van der Waals surface area contributed by atoms with E-state index in [-0.39, 0.29) is 16.3 Å². The zero-order chi connectivity index (χ0) is 20.6. The van der Waals surface area contributed by atoms with Crippen LogP contribution in [0.4, 0.5) is 10.1 Å². The third-order valence-corrected chi connectivity index (χ3v) is 6.28. The average molecular weight is 406 g/mol. The molecular weight excluding hydrogens is 387 g/mol. The molecule has 1 aromatic heterocycles. The normalized spacial score (nSPS) is 11.6. The Morgan fingerprint density at radius 1 is 1.07 bits per heavy atom. The van der Waals surface area contributed by atoms with E-state index in [1.807, 2.05) is 0 Å². The van der Waals surface area contributed by atoms with E-state index in [1.54, 1.807) is 14.1 Å². The summed E-state index contributed by atoms with van der Waals surface area (Å²) in [6, 6.07) is 9.09. The van der Waals surface area contributed by atoms with E-state index in [2.05, 4.69) is 5.32 Å². The fraction of sp³-hybridized carbons (Fsp3) is 0.222. The number of aryl methyl sites for hydroxylation is 2. The second-order valence-corrected chi connectivity index (χ2v) is 8.07. The van der Waals surface area contributed by atoms with Crippen LogP contribution in [0.25, 0.3) is 11.0 Å². The number of hydrogen-bond donors (Lipinski definition) is 1. The Bertz CT molecular complexity index is 1210. The highest BCUT2D eigenvalue weighted by Crippen LogP contribution is 2.26. The van der Waals surface area contributed by atoms with Crippen molar-refractivity contribution in [2.24, 2.45) is 14.1 Å². The first kappa shape index (κ1) is 19.6. The lowest BCUT2D eigenvalue weighted by Crippen LogP contribution is -2.39. The molecule has 0 aliphatic heterocycles. The van der Waals surface area contributed by atoms with Crippen molar-refractivity contribution < 1.29 is 17.6 Å². The Morgan fingerprint density at radius 2 is 1.68 bits per heavy atom. The second-order valence-electron chi connectivity index (χ2n) is 6.21. The number of carbonyl (C=O) groups excluding carboxylic acids is 1. The second kappa shape index (κ2) is 7.12. The molecule has 0 saturated carbocycles. The van der Waals surface area contributed by atoms with Gasteiger partial charge in [0.2, 0.25) is 5.91 Å². The summed E-state index contributed by atoms with van der Waals surface area (Å²) >= 11 is 0. The van der Waals surface area contributed by atoms with Gasteiger partial charge in [-0.3, -0.25) is 18.2 Å². The minimum atomic E-state index is -4.16. The number of benzene rings is 2. The first-order chi connectivity index (χ1) is 13.2. The fourth-order valence-corrected chi connectivity index (χ4v) is 4.35. The molecule has 148 valence electrons. The van der Waals surface area contributed by atoms with Crippen LogP contribution in [0.1, 0.15) is 0 Å². The van der Waals surface area contributed by atoms with Gasteiger partial charge in [0, 0.05) is 21.1 Å². The molecule has 3 aromatic rings. The number of fused-ring (bicyclic) bond motifs is 1. The highest BCUT2D eigenvalue weighted by molar-refractivity contribution is 7.92. The number of nitrogens with zero attached hydrogens (tertiary/aromatic N) is 3. The Labute approximate surface area is 160 Å². The minimum Gasteiger partial charge on any atom is -0.358 e. The molecule has 1 heterocycles. The third kappa shape index (κ3) is 3.26. The van der Waals surface area contributed by atoms with Crippen molar-refractivity contribution in [1.29, 1.82) is 0 Å². The van der Waals surface area contributed by atoms with Gasteiger partial charge in [-0.25, -0.2) is 17.6 Å². The summed E-state index contributed by atoms with van der Waals surface area (Å²) in [6.45, 7) is -0.476. The smallest absolute Gasteiger partial charge is 0.328 e. The molecule has 1 N–H and O–H groups in total. The topological polar surface area (TPSA) is 93.4 Å². The van der Waals surface area contributed by atoms with Crippen molar-refractivity contribution in [3.05, 3.63) is 58.8 Å². The van der Waals surface area contributed by atoms with Crippen LogP contribution in [0.3, 0.4) is 0 Å². The zero-order valence-electron chi connectivity index (χ0n) is 15.5. The summed E-state index contributed by atoms with van der Waals surface area (Å²) in [5.41, 5.74) is 0.871. The quantitative estimate of drug-likeness (QED) is 0.683. The number of sulfonamides is 1. The predicted octanol–water partition coefficient (Wildman–Crippen LogP) is 0.957. The molecule has 0 spiro atoms. The van der Waals surface area contributed by atoms with Gasteiger partial charge in [0.1, 0.15) is 12.4 Å². The van der Waals surface area contributed by atoms with Gasteiger partial charge < -0.3 is 5.32 Å². The van der Waals surface area contributed by atoms with Crippen LogP contribution in [-0.2, 0) is 28.9 Å². The van der Waals surface area contributed by atoms with Crippen LogP contribution in [-0.4, -0.2) is 37.1 Å². The number of likely N-dealkylation sites (N-methyl/N-ethyl adjacent to an activating group) is 1. The van der Waals surface area contributed by atoms with E-state index in [4.69, 9.17) is 0 Å². The predicted molar refractivity (Wildman–Crippen MR) is 103 cm³/mol. The molecule has 28 heavy (non-hydrogen) atoms. The van der Waals surface area contributed by atoms with Crippen molar-refractivity contribution in [2.45, 2.75) is 4.90 Å². The van der Waals surface area contributed by atoms with Crippen molar-refractivity contribution in [2.75, 3.05) is 17.9 Å². The Morgan fingerprint density at radius 3 is 2.29 bits per heavy atom. The summed E-state index contributed by atoms with van der Waals surface area (Å²) in [5.74, 6) is -1.05. The minimum absolute atomic E-state index is 0.0885. The van der Waals surface area contributed by atoms with Gasteiger partial charge in [-0.2, -0.15) is 0 Å². The van der Waals surface area contributed by atoms with Crippen molar-refractivity contribution in [3.63, 3.8) is 0 Å². The lowest BCUT2D eigenvalue weighted by Gasteiger charge is -2.24. The number of carbonyl (C=O) groups is 1. The standard InChI is InChI=1S/C18H19FN4O4S/c1-20-17(24)11-23(13-6-4-12(19)5-7-13)28(26,27)14-8-9-15-16(10-14)22(3)18(25)21(15)2/h4-10H,11H2,1-3H3,(H,20,24). The number of imidazole rings is 1. The van der Waals surface area contributed by atoms with Crippen LogP contribution in [0.15, 0.2) is 52.2 Å². The highest BCUT2D eigenvalue weighted by Gasteiger charge is 2.28. The first-order valence-corrected chi connectivity index (χ1v) is 9.75. The van der Waals surface area contributed by atoms with Gasteiger partial charge in [-0.05, 0) is 42.5 Å². The fourth-order valence-electron chi connectivity index (χ4n) is 2.91. The molecular formula is C18H19FN4O4S. The zero-order valence-corrected chi connectivity index (χ0v) is 16.3. The maximum Gasteiger partial charge on any atom is 0.328 e. The molecule has 0 fully saturated rings. The van der Waals surface area contributed by atoms with E-state index in [9.17, 15) is 22.4 Å². The van der Waals surface area contributed by atoms with Crippen LogP contribution in [0, 0.1) is 5.82 Å². The summed E-state index contributed by atoms with van der Waals surface area (Å²) < 4.78 is 43.5. The highest BCUT2D eigenvalue weighted by atomic mass is 32.2. The van der Waals surface area contributed by atoms with Gasteiger partial charge in [0.25, 0.3) is 10.0 Å². The number of amides is 1. The molecule has 0 unspecified atom stereocenters. The number of hydrogen-bond acceptors (Lipinski definition) is 4. The maximum atomic E-state index is 13.3. The van der Waals surface area contributed by atoms with Crippen LogP contribution >= 0.6 is 0 Å². The van der Waals surface area contributed by atoms with E-state index in [0.717, 1.165) is 16.4 Å². The molecule has 0 aliphatic carbocycles. The average Bonchev–Trinajstić information content (AvgIpc) is 2.90. The van der Waals surface area contributed by atoms with Crippen LogP contribution < -0.4 is 15.3 Å². The van der Waals surface area contributed by atoms with Gasteiger partial charge >= 0.3 is 5.69 Å². The van der Waals surface area contributed by atoms with E-state index in [0.29, 0.717) is 11.0 Å². The Hall–Kier alpha value is -3.14. The van der Waals surface area contributed by atoms with Crippen LogP contribution in [0.5, 0.6) is 0 Å². The largest absolute Gasteiger partial charge is 0.358 e. The van der Waals surface area contributed by atoms with Crippen LogP contribution in [0.2, 0.25) is 0 Å². The number of halogens is 1.